The molecule has 3 aromatic carbocycles. The number of fused-ring (bicyclic) bond motifs is 1. The van der Waals surface area contributed by atoms with E-state index in [1.54, 1.807) is 50.2 Å². The van der Waals surface area contributed by atoms with Crippen LogP contribution >= 0.6 is 0 Å². The van der Waals surface area contributed by atoms with Crippen molar-refractivity contribution in [1.82, 2.24) is 0 Å². The van der Waals surface area contributed by atoms with Crippen LogP contribution in [0, 0.1) is 12.8 Å². The minimum atomic E-state index is -2.44. The maximum absolute atomic E-state index is 13.1. The number of amides is 1. The van der Waals surface area contributed by atoms with Crippen LogP contribution < -0.4 is 14.4 Å². The molecule has 4 aromatic rings. The molecular weight excluding hydrogens is 544 g/mol. The van der Waals surface area contributed by atoms with Crippen molar-refractivity contribution < 1.29 is 32.2 Å². The molecule has 1 amide bonds. The lowest BCUT2D eigenvalue weighted by Crippen LogP contribution is -2.46. The number of carbonyl (C=O) groups is 2. The number of carbonyl (C=O) groups excluding carboxylic acids is 2. The Kier molecular flexibility index (Phi) is 9.46. The molecule has 1 heterocycles. The lowest BCUT2D eigenvalue weighted by molar-refractivity contribution is -0.142. The molecule has 0 aliphatic rings. The predicted molar refractivity (Wildman–Crippen MR) is 160 cm³/mol. The molecule has 216 valence electrons. The molecule has 2 N–H and O–H groups in total. The minimum absolute atomic E-state index is 0.227. The molecule has 0 fully saturated rings. The molecule has 10 heteroatoms. The Morgan fingerprint density at radius 3 is 2.22 bits per heavy atom. The molecule has 41 heavy (non-hydrogen) atoms. The van der Waals surface area contributed by atoms with Crippen molar-refractivity contribution in [3.8, 4) is 16.9 Å². The van der Waals surface area contributed by atoms with E-state index >= 15 is 0 Å². The Morgan fingerprint density at radius 1 is 1.02 bits per heavy atom. The molecule has 0 bridgehead atoms. The van der Waals surface area contributed by atoms with Crippen LogP contribution in [0.15, 0.2) is 71.1 Å². The van der Waals surface area contributed by atoms with Gasteiger partial charge in [-0.1, -0.05) is 51.1 Å². The molecule has 0 spiro atoms. The molecule has 0 saturated heterocycles. The van der Waals surface area contributed by atoms with Crippen molar-refractivity contribution >= 4 is 45.5 Å². The topological polar surface area (TPSA) is 118 Å². The SMILES string of the molecule is CCCOc1cccc2oc(C(=O)Nc3ccc(-c4ccc(N(C(C(=O)OC)C(C)C)S(=O)O)cc4)cc3)c(C)c12. The predicted octanol–water partition coefficient (Wildman–Crippen LogP) is 6.59. The van der Waals surface area contributed by atoms with E-state index in [4.69, 9.17) is 13.9 Å². The number of ether oxygens (including phenoxy) is 2. The van der Waals surface area contributed by atoms with Gasteiger partial charge < -0.3 is 19.2 Å². The standard InChI is InChI=1S/C31H34N2O7S/c1-6-18-39-25-8-7-9-26-27(25)20(4)29(40-26)30(34)32-23-14-10-21(11-15-23)22-12-16-24(17-13-22)33(41(36)37)28(19(2)3)31(35)38-5/h7-17,19,28H,6,18H2,1-5H3,(H,32,34)(H,36,37). The zero-order chi connectivity index (χ0) is 29.7. The van der Waals surface area contributed by atoms with Gasteiger partial charge in [0, 0.05) is 11.3 Å². The van der Waals surface area contributed by atoms with Gasteiger partial charge in [-0.25, -0.2) is 9.00 Å². The van der Waals surface area contributed by atoms with Gasteiger partial charge in [-0.05, 0) is 66.8 Å². The number of esters is 1. The summed E-state index contributed by atoms with van der Waals surface area (Å²) in [5, 5.41) is 3.68. The Hall–Kier alpha value is -4.15. The fourth-order valence-electron chi connectivity index (χ4n) is 4.66. The highest BCUT2D eigenvalue weighted by molar-refractivity contribution is 7.80. The molecule has 2 atom stereocenters. The van der Waals surface area contributed by atoms with Gasteiger partial charge in [0.15, 0.2) is 5.76 Å². The van der Waals surface area contributed by atoms with Gasteiger partial charge in [-0.3, -0.25) is 13.7 Å². The van der Waals surface area contributed by atoms with Crippen LogP contribution in [0.2, 0.25) is 0 Å². The van der Waals surface area contributed by atoms with Gasteiger partial charge in [0.2, 0.25) is 0 Å². The van der Waals surface area contributed by atoms with Crippen molar-refractivity contribution in [2.75, 3.05) is 23.3 Å². The number of nitrogens with one attached hydrogen (secondary N) is 1. The third-order valence-electron chi connectivity index (χ3n) is 6.68. The first-order valence-corrected chi connectivity index (χ1v) is 14.4. The number of hydrogen-bond acceptors (Lipinski definition) is 6. The summed E-state index contributed by atoms with van der Waals surface area (Å²) < 4.78 is 39.8. The average molecular weight is 579 g/mol. The molecule has 4 rings (SSSR count). The van der Waals surface area contributed by atoms with E-state index in [2.05, 4.69) is 5.32 Å². The van der Waals surface area contributed by atoms with Crippen LogP contribution in [-0.4, -0.2) is 40.4 Å². The summed E-state index contributed by atoms with van der Waals surface area (Å²) in [7, 11) is 1.25. The van der Waals surface area contributed by atoms with E-state index in [1.165, 1.54) is 7.11 Å². The zero-order valence-electron chi connectivity index (χ0n) is 23.7. The maximum atomic E-state index is 13.1. The Morgan fingerprint density at radius 2 is 1.66 bits per heavy atom. The van der Waals surface area contributed by atoms with Gasteiger partial charge >= 0.3 is 5.97 Å². The number of nitrogens with zero attached hydrogens (tertiary/aromatic N) is 1. The summed E-state index contributed by atoms with van der Waals surface area (Å²) in [4.78, 5) is 25.4. The maximum Gasteiger partial charge on any atom is 0.329 e. The van der Waals surface area contributed by atoms with E-state index in [0.717, 1.165) is 27.2 Å². The van der Waals surface area contributed by atoms with Crippen LogP contribution in [-0.2, 0) is 20.8 Å². The summed E-state index contributed by atoms with van der Waals surface area (Å²) in [5.74, 6) is -0.296. The van der Waals surface area contributed by atoms with Gasteiger partial charge in [0.1, 0.15) is 17.4 Å². The van der Waals surface area contributed by atoms with Crippen LogP contribution in [0.5, 0.6) is 5.75 Å². The van der Waals surface area contributed by atoms with Crippen LogP contribution in [0.25, 0.3) is 22.1 Å². The monoisotopic (exact) mass is 578 g/mol. The number of rotatable bonds is 11. The second-order valence-corrected chi connectivity index (χ2v) is 10.7. The van der Waals surface area contributed by atoms with Crippen molar-refractivity contribution in [3.63, 3.8) is 0 Å². The first kappa shape index (κ1) is 29.8. The first-order chi connectivity index (χ1) is 19.7. The first-order valence-electron chi connectivity index (χ1n) is 13.3. The van der Waals surface area contributed by atoms with E-state index in [0.29, 0.717) is 34.9 Å². The Balaban J connectivity index is 1.51. The second kappa shape index (κ2) is 13.0. The summed E-state index contributed by atoms with van der Waals surface area (Å²) >= 11 is -2.44. The summed E-state index contributed by atoms with van der Waals surface area (Å²) in [6, 6.07) is 18.9. The van der Waals surface area contributed by atoms with Crippen LogP contribution in [0.4, 0.5) is 11.4 Å². The lowest BCUT2D eigenvalue weighted by Gasteiger charge is -2.30. The van der Waals surface area contributed by atoms with Crippen molar-refractivity contribution in [3.05, 3.63) is 78.1 Å². The quantitative estimate of drug-likeness (QED) is 0.152. The van der Waals surface area contributed by atoms with Crippen LogP contribution in [0.1, 0.15) is 43.3 Å². The molecule has 0 aliphatic heterocycles. The number of aryl methyl sites for hydroxylation is 1. The van der Waals surface area contributed by atoms with E-state index < -0.39 is 23.3 Å². The van der Waals surface area contributed by atoms with E-state index in [1.807, 2.05) is 44.2 Å². The summed E-state index contributed by atoms with van der Waals surface area (Å²) in [5.41, 5.74) is 4.03. The number of benzene rings is 3. The van der Waals surface area contributed by atoms with E-state index in [9.17, 15) is 18.4 Å². The molecule has 2 unspecified atom stereocenters. The zero-order valence-corrected chi connectivity index (χ0v) is 24.5. The minimum Gasteiger partial charge on any atom is -0.493 e. The van der Waals surface area contributed by atoms with Crippen LogP contribution in [0.3, 0.4) is 0 Å². The number of hydrogen-bond donors (Lipinski definition) is 2. The molecule has 9 nitrogen and oxygen atoms in total. The number of anilines is 2. The fourth-order valence-corrected chi connectivity index (χ4v) is 5.48. The fraction of sp³-hybridized carbons (Fsp3) is 0.290. The summed E-state index contributed by atoms with van der Waals surface area (Å²) in [6.07, 6.45) is 0.872. The molecule has 1 aromatic heterocycles. The average Bonchev–Trinajstić information content (AvgIpc) is 3.31. The largest absolute Gasteiger partial charge is 0.493 e. The van der Waals surface area contributed by atoms with Gasteiger partial charge in [-0.15, -0.1) is 0 Å². The molecular formula is C31H34N2O7S. The van der Waals surface area contributed by atoms with E-state index in [-0.39, 0.29) is 17.6 Å². The second-order valence-electron chi connectivity index (χ2n) is 9.88. The number of methoxy groups -OCH3 is 1. The Bertz CT molecular complexity index is 1550. The van der Waals surface area contributed by atoms with Crippen molar-refractivity contribution in [2.45, 2.75) is 40.2 Å². The summed E-state index contributed by atoms with van der Waals surface area (Å²) in [6.45, 7) is 8.01. The van der Waals surface area contributed by atoms with Crippen molar-refractivity contribution in [2.24, 2.45) is 5.92 Å². The van der Waals surface area contributed by atoms with Gasteiger partial charge in [-0.2, -0.15) is 0 Å². The highest BCUT2D eigenvalue weighted by Gasteiger charge is 2.33. The third kappa shape index (κ3) is 6.44. The molecule has 0 saturated carbocycles. The molecule has 0 radical (unpaired) electrons. The normalized spacial score (nSPS) is 12.7. The highest BCUT2D eigenvalue weighted by atomic mass is 32.2. The van der Waals surface area contributed by atoms with Gasteiger partial charge in [0.25, 0.3) is 17.2 Å². The van der Waals surface area contributed by atoms with Gasteiger partial charge in [0.05, 0.1) is 24.8 Å². The third-order valence-corrected chi connectivity index (χ3v) is 7.45. The Labute approximate surface area is 241 Å². The highest BCUT2D eigenvalue weighted by Crippen LogP contribution is 2.34. The van der Waals surface area contributed by atoms with Crippen molar-refractivity contribution in [1.29, 1.82) is 0 Å². The smallest absolute Gasteiger partial charge is 0.329 e. The number of furan rings is 1. The lowest BCUT2D eigenvalue weighted by atomic mass is 10.0. The molecule has 0 aliphatic carbocycles.